The Morgan fingerprint density at radius 1 is 0.540 bits per heavy atom. The molecule has 0 aliphatic carbocycles. The third-order valence-electron chi connectivity index (χ3n) is 11.5. The first-order valence-corrected chi connectivity index (χ1v) is 27.8. The van der Waals surface area contributed by atoms with E-state index in [0.717, 1.165) is 89.9 Å². The maximum Gasteiger partial charge on any atom is 0.306 e. The van der Waals surface area contributed by atoms with Gasteiger partial charge in [-0.2, -0.15) is 0 Å². The van der Waals surface area contributed by atoms with Gasteiger partial charge in [0, 0.05) is 12.8 Å². The number of hydrogen-bond donors (Lipinski definition) is 1. The molecule has 0 heterocycles. The first kappa shape index (κ1) is 61.2. The van der Waals surface area contributed by atoms with Crippen molar-refractivity contribution in [2.75, 3.05) is 40.9 Å². The number of unbranched alkanes of at least 4 members (excludes halogenated alkanes) is 27. The molecule has 0 aromatic rings. The summed E-state index contributed by atoms with van der Waals surface area (Å²) in [5.41, 5.74) is 0. The number of likely N-dealkylation sites (N-methyl/N-ethyl adjacent to an activating group) is 1. The summed E-state index contributed by atoms with van der Waals surface area (Å²) in [5.74, 6) is -0.569. The molecule has 10 heteroatoms. The summed E-state index contributed by atoms with van der Waals surface area (Å²) in [4.78, 5) is 39.6. The van der Waals surface area contributed by atoms with Gasteiger partial charge < -0.3 is 28.5 Å². The van der Waals surface area contributed by atoms with Crippen LogP contribution in [-0.2, 0) is 27.9 Å². The lowest BCUT2D eigenvalue weighted by Crippen LogP contribution is -2.47. The van der Waals surface area contributed by atoms with Gasteiger partial charge in [-0.1, -0.05) is 186 Å². The van der Waals surface area contributed by atoms with E-state index in [0.29, 0.717) is 23.9 Å². The molecule has 0 aromatic heterocycles. The van der Waals surface area contributed by atoms with Gasteiger partial charge in [0.1, 0.15) is 19.3 Å². The summed E-state index contributed by atoms with van der Waals surface area (Å²) in [5, 5.41) is 3.00. The number of nitrogens with zero attached hydrogens (tertiary/aromatic N) is 1. The molecule has 0 saturated carbocycles. The second-order valence-corrected chi connectivity index (χ2v) is 20.4. The SMILES string of the molecule is CCCC/C=C\CCCCCCCC(=O)NC(COP(=O)([O-])OCC[N+](C)(C)C)C(/C=C/CCCCCCCCCCCCC)OC(=O)CCCCC/C=C\CCCCCCCC. The van der Waals surface area contributed by atoms with Crippen molar-refractivity contribution in [3.63, 3.8) is 0 Å². The number of allylic oxidation sites excluding steroid dienone is 5. The van der Waals surface area contributed by atoms with Crippen LogP contribution in [0.15, 0.2) is 36.5 Å². The number of esters is 1. The van der Waals surface area contributed by atoms with Crippen molar-refractivity contribution in [3.05, 3.63) is 36.5 Å². The van der Waals surface area contributed by atoms with Crippen molar-refractivity contribution in [1.82, 2.24) is 5.32 Å². The number of amides is 1. The van der Waals surface area contributed by atoms with E-state index in [1.807, 2.05) is 33.3 Å². The molecule has 63 heavy (non-hydrogen) atoms. The summed E-state index contributed by atoms with van der Waals surface area (Å²) < 4.78 is 30.1. The molecule has 1 N–H and O–H groups in total. The Balaban J connectivity index is 5.47. The van der Waals surface area contributed by atoms with Gasteiger partial charge in [-0.15, -0.1) is 0 Å². The molecule has 0 aromatic carbocycles. The standard InChI is InChI=1S/C53H101N2O7P/c1-7-10-13-16-19-22-25-27-30-32-35-38-41-44-51(62-53(57)46-43-40-37-34-31-28-26-23-20-17-14-11-8-2)50(49-61-63(58,59)60-48-47-55(4,5)6)54-52(56)45-42-39-36-33-29-24-21-18-15-12-9-3/h18,21,28,31,41,44,50-51H,7-17,19-20,22-27,29-30,32-40,42-43,45-49H2,1-6H3,(H-,54,56,58,59)/b21-18-,31-28-,44-41+. The topological polar surface area (TPSA) is 114 Å². The first-order valence-electron chi connectivity index (χ1n) is 26.3. The molecule has 3 atom stereocenters. The van der Waals surface area contributed by atoms with Crippen LogP contribution in [0.3, 0.4) is 0 Å². The van der Waals surface area contributed by atoms with Crippen LogP contribution in [-0.4, -0.2) is 69.4 Å². The smallest absolute Gasteiger partial charge is 0.306 e. The van der Waals surface area contributed by atoms with Crippen LogP contribution in [0.1, 0.15) is 239 Å². The van der Waals surface area contributed by atoms with Crippen molar-refractivity contribution < 1.29 is 37.3 Å². The van der Waals surface area contributed by atoms with Crippen LogP contribution in [0, 0.1) is 0 Å². The van der Waals surface area contributed by atoms with E-state index < -0.39 is 26.6 Å². The molecule has 0 aliphatic rings. The number of carbonyl (C=O) groups is 2. The average molecular weight is 909 g/mol. The predicted molar refractivity (Wildman–Crippen MR) is 266 cm³/mol. The minimum absolute atomic E-state index is 0.0252. The van der Waals surface area contributed by atoms with Crippen LogP contribution >= 0.6 is 7.82 Å². The first-order chi connectivity index (χ1) is 30.4. The fraction of sp³-hybridized carbons (Fsp3) is 0.849. The van der Waals surface area contributed by atoms with Crippen molar-refractivity contribution in [2.24, 2.45) is 0 Å². The molecule has 0 saturated heterocycles. The Kier molecular flexibility index (Phi) is 42.8. The summed E-state index contributed by atoms with van der Waals surface area (Å²) in [6, 6.07) is -0.893. The Bertz CT molecular complexity index is 1180. The number of rotatable bonds is 47. The zero-order valence-electron chi connectivity index (χ0n) is 42.0. The summed E-state index contributed by atoms with van der Waals surface area (Å²) in [7, 11) is 1.17. The Morgan fingerprint density at radius 3 is 1.41 bits per heavy atom. The summed E-state index contributed by atoms with van der Waals surface area (Å²) >= 11 is 0. The van der Waals surface area contributed by atoms with Crippen molar-refractivity contribution >= 4 is 19.7 Å². The van der Waals surface area contributed by atoms with E-state index in [1.54, 1.807) is 0 Å². The van der Waals surface area contributed by atoms with Crippen molar-refractivity contribution in [3.8, 4) is 0 Å². The lowest BCUT2D eigenvalue weighted by molar-refractivity contribution is -0.870. The highest BCUT2D eigenvalue weighted by Gasteiger charge is 2.27. The number of hydrogen-bond acceptors (Lipinski definition) is 7. The maximum atomic E-state index is 13.4. The summed E-state index contributed by atoms with van der Waals surface area (Å²) in [6.45, 7) is 6.77. The van der Waals surface area contributed by atoms with E-state index in [2.05, 4.69) is 50.4 Å². The van der Waals surface area contributed by atoms with Gasteiger partial charge in [0.2, 0.25) is 5.91 Å². The van der Waals surface area contributed by atoms with Gasteiger partial charge in [0.25, 0.3) is 7.82 Å². The van der Waals surface area contributed by atoms with Gasteiger partial charge >= 0.3 is 5.97 Å². The van der Waals surface area contributed by atoms with Crippen molar-refractivity contribution in [1.29, 1.82) is 0 Å². The lowest BCUT2D eigenvalue weighted by Gasteiger charge is -2.30. The molecule has 0 aliphatic heterocycles. The molecule has 3 unspecified atom stereocenters. The van der Waals surface area contributed by atoms with Gasteiger partial charge in [0.15, 0.2) is 0 Å². The fourth-order valence-corrected chi connectivity index (χ4v) is 8.10. The largest absolute Gasteiger partial charge is 0.756 e. The molecule has 0 fully saturated rings. The highest BCUT2D eigenvalue weighted by molar-refractivity contribution is 7.45. The second kappa shape index (κ2) is 44.1. The van der Waals surface area contributed by atoms with Crippen LogP contribution < -0.4 is 10.2 Å². The van der Waals surface area contributed by atoms with Crippen LogP contribution in [0.25, 0.3) is 0 Å². The molecule has 0 bridgehead atoms. The molecular weight excluding hydrogens is 808 g/mol. The zero-order valence-corrected chi connectivity index (χ0v) is 42.9. The van der Waals surface area contributed by atoms with E-state index in [-0.39, 0.29) is 24.9 Å². The number of quaternary nitrogens is 1. The van der Waals surface area contributed by atoms with E-state index in [1.165, 1.54) is 109 Å². The van der Waals surface area contributed by atoms with Gasteiger partial charge in [0.05, 0.1) is 33.8 Å². The number of phosphoric acid groups is 1. The lowest BCUT2D eigenvalue weighted by atomic mass is 10.0. The van der Waals surface area contributed by atoms with E-state index in [4.69, 9.17) is 13.8 Å². The predicted octanol–water partition coefficient (Wildman–Crippen LogP) is 14.6. The molecule has 9 nitrogen and oxygen atoms in total. The van der Waals surface area contributed by atoms with Gasteiger partial charge in [-0.3, -0.25) is 14.2 Å². The van der Waals surface area contributed by atoms with Crippen LogP contribution in [0.5, 0.6) is 0 Å². The molecule has 0 radical (unpaired) electrons. The normalized spacial score (nSPS) is 14.2. The fourth-order valence-electron chi connectivity index (χ4n) is 7.38. The molecule has 0 rings (SSSR count). The van der Waals surface area contributed by atoms with Gasteiger partial charge in [-0.25, -0.2) is 0 Å². The third-order valence-corrected chi connectivity index (χ3v) is 12.5. The highest BCUT2D eigenvalue weighted by Crippen LogP contribution is 2.38. The number of nitrogens with one attached hydrogen (secondary N) is 1. The monoisotopic (exact) mass is 909 g/mol. The molecule has 0 spiro atoms. The Hall–Kier alpha value is -1.77. The van der Waals surface area contributed by atoms with Crippen LogP contribution in [0.2, 0.25) is 0 Å². The quantitative estimate of drug-likeness (QED) is 0.0213. The third kappa shape index (κ3) is 45.2. The summed E-state index contributed by atoms with van der Waals surface area (Å²) in [6.07, 6.45) is 49.6. The van der Waals surface area contributed by atoms with Crippen molar-refractivity contribution in [2.45, 2.75) is 251 Å². The average Bonchev–Trinajstić information content (AvgIpc) is 3.23. The Morgan fingerprint density at radius 2 is 0.937 bits per heavy atom. The highest BCUT2D eigenvalue weighted by atomic mass is 31.2. The molecule has 370 valence electrons. The molecule has 1 amide bonds. The number of phosphoric ester groups is 1. The minimum Gasteiger partial charge on any atom is -0.756 e. The van der Waals surface area contributed by atoms with Crippen LogP contribution in [0.4, 0.5) is 0 Å². The Labute approximate surface area is 389 Å². The maximum absolute atomic E-state index is 13.4. The minimum atomic E-state index is -4.69. The second-order valence-electron chi connectivity index (χ2n) is 19.0. The number of carbonyl (C=O) groups excluding carboxylic acids is 2. The molecular formula is C53H101N2O7P. The van der Waals surface area contributed by atoms with E-state index >= 15 is 0 Å². The number of ether oxygens (including phenoxy) is 1. The van der Waals surface area contributed by atoms with Gasteiger partial charge in [-0.05, 0) is 76.7 Å². The van der Waals surface area contributed by atoms with E-state index in [9.17, 15) is 19.0 Å². The zero-order chi connectivity index (χ0) is 46.5.